The Labute approximate surface area is 732 Å². The molecule has 0 spiro atoms. The molecule has 15 aromatic carbocycles. The minimum Gasteiger partial charge on any atom is -0.310 e. The second-order valence-corrected chi connectivity index (χ2v) is 42.6. The number of nitrogens with zero attached hydrogens (tertiary/aromatic N) is 3. The van der Waals surface area contributed by atoms with E-state index in [1.165, 1.54) is 111 Å². The number of aromatic nitrogens is 1. The Hall–Kier alpha value is -12.2. The number of anilines is 6. The van der Waals surface area contributed by atoms with E-state index in [9.17, 15) is 0 Å². The number of rotatable bonds is 10. The number of fused-ring (bicyclic) bond motifs is 10. The first-order valence-corrected chi connectivity index (χ1v) is 44.6. The van der Waals surface area contributed by atoms with Crippen molar-refractivity contribution >= 4 is 79.0 Å². The fraction of sp³-hybridized carbons (Fsp3) is 0.244. The average Bonchev–Trinajstić information content (AvgIpc) is 1.68. The molecule has 1 aliphatic carbocycles. The van der Waals surface area contributed by atoms with Crippen molar-refractivity contribution in [1.29, 1.82) is 0 Å². The van der Waals surface area contributed by atoms with E-state index in [0.29, 0.717) is 0 Å². The van der Waals surface area contributed by atoms with Gasteiger partial charge in [-0.25, -0.2) is 0 Å². The van der Waals surface area contributed by atoms with Crippen LogP contribution in [0.4, 0.5) is 34.1 Å². The fourth-order valence-corrected chi connectivity index (χ4v) is 20.2. The van der Waals surface area contributed by atoms with Crippen LogP contribution in [0.3, 0.4) is 0 Å². The third-order valence-electron chi connectivity index (χ3n) is 27.2. The predicted octanol–water partition coefficient (Wildman–Crippen LogP) is 30.6. The van der Waals surface area contributed by atoms with Gasteiger partial charge in [0.25, 0.3) is 6.71 Å². The van der Waals surface area contributed by atoms with Crippen molar-refractivity contribution in [3.05, 3.63) is 383 Å². The van der Waals surface area contributed by atoms with Crippen molar-refractivity contribution in [1.82, 2.24) is 4.57 Å². The lowest BCUT2D eigenvalue weighted by Crippen LogP contribution is -2.61. The van der Waals surface area contributed by atoms with Gasteiger partial charge >= 0.3 is 0 Å². The zero-order valence-corrected chi connectivity index (χ0v) is 76.0. The summed E-state index contributed by atoms with van der Waals surface area (Å²) in [7, 11) is 0. The molecular weight excluding hydrogens is 1480 g/mol. The van der Waals surface area contributed by atoms with Gasteiger partial charge in [-0.2, -0.15) is 0 Å². The second kappa shape index (κ2) is 29.0. The van der Waals surface area contributed by atoms with Crippen LogP contribution in [0.25, 0.3) is 94.3 Å². The van der Waals surface area contributed by atoms with Crippen LogP contribution >= 0.6 is 0 Å². The molecule has 0 fully saturated rings. The van der Waals surface area contributed by atoms with Gasteiger partial charge in [0.15, 0.2) is 0 Å². The monoisotopic (exact) mass is 1600 g/mol. The van der Waals surface area contributed by atoms with E-state index in [2.05, 4.69) is 481 Å². The molecule has 0 atom stereocenters. The fourth-order valence-electron chi connectivity index (χ4n) is 20.2. The Morgan fingerprint density at radius 2 is 0.593 bits per heavy atom. The van der Waals surface area contributed by atoms with Gasteiger partial charge in [0, 0.05) is 61.5 Å². The smallest absolute Gasteiger partial charge is 0.252 e. The highest BCUT2D eigenvalue weighted by Gasteiger charge is 2.49. The maximum absolute atomic E-state index is 2.77. The zero-order valence-electron chi connectivity index (χ0n) is 76.0. The summed E-state index contributed by atoms with van der Waals surface area (Å²) in [5.74, 6) is 0. The van der Waals surface area contributed by atoms with Gasteiger partial charge in [-0.05, 0) is 209 Å². The van der Waals surface area contributed by atoms with Crippen molar-refractivity contribution in [2.45, 2.75) is 189 Å². The summed E-state index contributed by atoms with van der Waals surface area (Å²) >= 11 is 0. The van der Waals surface area contributed by atoms with E-state index >= 15 is 0 Å². The van der Waals surface area contributed by atoms with Crippen LogP contribution in [0.15, 0.2) is 322 Å². The molecule has 3 nitrogen and oxygen atoms in total. The Bertz CT molecular complexity index is 6620. The SMILES string of the molecule is CC(C)(C)c1ccc(-c2cccc(-c3ccc(C(C)(C)C)cc3)c2N2c3cc(-c4cc(C(C)(C)C)cc(C(C)(C)C)c4)ccc3B3c4ccc(-n5c6ccccc6c6cc7c(cc65)C(c5ccccc5)(c5ccccc5)c5ccccc5-7)cc4N(c4c(-c5ccc(C(C)(C)C)cc5)cccc4-c4ccc(C(C)(C)C)cc4)c4cc(C(C)(C)C)cc2c43)cc1. The van der Waals surface area contributed by atoms with Crippen LogP contribution in [0.2, 0.25) is 0 Å². The number of benzene rings is 15. The van der Waals surface area contributed by atoms with Gasteiger partial charge < -0.3 is 14.4 Å². The van der Waals surface area contributed by atoms with Crippen LogP contribution in [-0.2, 0) is 43.3 Å². The summed E-state index contributed by atoms with van der Waals surface area (Å²) in [6.45, 7) is 49.1. The highest BCUT2D eigenvalue weighted by atomic mass is 15.2. The molecule has 0 saturated carbocycles. The molecule has 0 saturated heterocycles. The average molecular weight is 1600 g/mol. The van der Waals surface area contributed by atoms with Crippen LogP contribution in [0.5, 0.6) is 0 Å². The molecule has 0 N–H and O–H groups in total. The van der Waals surface area contributed by atoms with E-state index in [4.69, 9.17) is 0 Å². The van der Waals surface area contributed by atoms with Crippen molar-refractivity contribution in [3.8, 4) is 72.4 Å². The topological polar surface area (TPSA) is 11.4 Å². The first-order valence-electron chi connectivity index (χ1n) is 44.6. The summed E-state index contributed by atoms with van der Waals surface area (Å²) in [5.41, 5.74) is 40.9. The van der Waals surface area contributed by atoms with Gasteiger partial charge in [0.2, 0.25) is 0 Å². The van der Waals surface area contributed by atoms with E-state index in [1.54, 1.807) is 0 Å². The van der Waals surface area contributed by atoms with Crippen molar-refractivity contribution < 1.29 is 0 Å². The first kappa shape index (κ1) is 80.5. The van der Waals surface area contributed by atoms with E-state index in [0.717, 1.165) is 95.4 Å². The van der Waals surface area contributed by atoms with Crippen LogP contribution < -0.4 is 26.2 Å². The molecule has 19 rings (SSSR count). The normalized spacial score (nSPS) is 13.9. The first-order chi connectivity index (χ1) is 58.4. The minimum atomic E-state index is -0.625. The van der Waals surface area contributed by atoms with E-state index < -0.39 is 5.41 Å². The third-order valence-corrected chi connectivity index (χ3v) is 27.2. The summed E-state index contributed by atoms with van der Waals surface area (Å²) in [5, 5.41) is 2.43. The molecule has 0 radical (unpaired) electrons. The van der Waals surface area contributed by atoms with Crippen molar-refractivity contribution in [2.75, 3.05) is 9.80 Å². The van der Waals surface area contributed by atoms with Crippen LogP contribution in [0, 0.1) is 0 Å². The number of hydrogen-bond donors (Lipinski definition) is 0. The largest absolute Gasteiger partial charge is 0.310 e. The Kier molecular flexibility index (Phi) is 18.9. The van der Waals surface area contributed by atoms with E-state index in [1.807, 2.05) is 0 Å². The minimum absolute atomic E-state index is 0.0547. The van der Waals surface area contributed by atoms with Gasteiger partial charge in [0.05, 0.1) is 27.8 Å². The summed E-state index contributed by atoms with van der Waals surface area (Å²) in [6.07, 6.45) is 0. The standard InChI is InChI=1S/C119H116BN3/c1-112(2,3)81-55-46-75(47-56-81)91-40-32-41-92(76-48-57-82(58-49-76)113(4,5)6)110(91)122-105-68-79(80-66-87(116(13,14)15)69-88(67-80)117(16,17)18)54-64-101(105)120-102-65-63-90(121-103-45-31-29-39-96(103)98-73-97-95-38-28-30-44-99(95)119(100(97)74-104(98)121,85-34-24-22-25-35-85)86-36-26-23-27-37-86)72-106(102)123(108-71-89(118(19,20)21)70-107(122)109(108)120)111-93(77-50-59-83(60-51-77)114(7,8)9)42-33-43-94(111)78-52-61-84(62-53-78)115(10,11)12/h22-74H,1-21H3. The third kappa shape index (κ3) is 13.6. The van der Waals surface area contributed by atoms with Gasteiger partial charge in [-0.3, -0.25) is 0 Å². The molecule has 1 aromatic heterocycles. The second-order valence-electron chi connectivity index (χ2n) is 42.6. The number of para-hydroxylation sites is 3. The van der Waals surface area contributed by atoms with Crippen molar-refractivity contribution in [2.24, 2.45) is 0 Å². The summed E-state index contributed by atoms with van der Waals surface area (Å²) < 4.78 is 2.61. The Morgan fingerprint density at radius 1 is 0.228 bits per heavy atom. The highest BCUT2D eigenvalue weighted by molar-refractivity contribution is 7.00. The molecule has 610 valence electrons. The summed E-state index contributed by atoms with van der Waals surface area (Å²) in [4.78, 5) is 5.54. The Balaban J connectivity index is 0.974. The molecule has 3 aliphatic rings. The number of hydrogen-bond acceptors (Lipinski definition) is 2. The summed E-state index contributed by atoms with van der Waals surface area (Å²) in [6, 6.07) is 126. The molecular formula is C119H116BN3. The van der Waals surface area contributed by atoms with Crippen LogP contribution in [-0.4, -0.2) is 11.3 Å². The molecule has 0 amide bonds. The lowest BCUT2D eigenvalue weighted by Gasteiger charge is -2.46. The Morgan fingerprint density at radius 3 is 1.02 bits per heavy atom. The van der Waals surface area contributed by atoms with Gasteiger partial charge in [-0.1, -0.05) is 418 Å². The molecule has 0 unspecified atom stereocenters. The maximum atomic E-state index is 2.77. The zero-order chi connectivity index (χ0) is 86.1. The highest BCUT2D eigenvalue weighted by Crippen LogP contribution is 2.60. The van der Waals surface area contributed by atoms with Gasteiger partial charge in [0.1, 0.15) is 0 Å². The molecule has 4 heteroatoms. The molecule has 0 bridgehead atoms. The molecule has 16 aromatic rings. The van der Waals surface area contributed by atoms with Gasteiger partial charge in [-0.15, -0.1) is 0 Å². The predicted molar refractivity (Wildman–Crippen MR) is 530 cm³/mol. The van der Waals surface area contributed by atoms with Crippen molar-refractivity contribution in [3.63, 3.8) is 0 Å². The van der Waals surface area contributed by atoms with E-state index in [-0.39, 0.29) is 44.6 Å². The maximum Gasteiger partial charge on any atom is 0.252 e. The van der Waals surface area contributed by atoms with Crippen LogP contribution in [0.1, 0.15) is 207 Å². The molecule has 3 heterocycles. The molecule has 123 heavy (non-hydrogen) atoms. The lowest BCUT2D eigenvalue weighted by atomic mass is 9.33. The lowest BCUT2D eigenvalue weighted by molar-refractivity contribution is 0.569. The molecule has 2 aliphatic heterocycles. The quantitative estimate of drug-likeness (QED) is 0.126.